The molecule has 0 aliphatic carbocycles. The molecule has 2 aromatic rings. The van der Waals surface area contributed by atoms with Crippen LogP contribution >= 0.6 is 0 Å². The van der Waals surface area contributed by atoms with Crippen molar-refractivity contribution in [2.24, 2.45) is 0 Å². The molecule has 0 bridgehead atoms. The number of ether oxygens (including phenoxy) is 1. The maximum absolute atomic E-state index is 9.99. The van der Waals surface area contributed by atoms with E-state index in [0.29, 0.717) is 6.47 Å². The predicted octanol–water partition coefficient (Wildman–Crippen LogP) is 4.00. The maximum atomic E-state index is 9.99. The first-order chi connectivity index (χ1) is 9.38. The van der Waals surface area contributed by atoms with Crippen molar-refractivity contribution in [1.29, 1.82) is 0 Å². The Morgan fingerprint density at radius 2 is 1.21 bits per heavy atom. The number of hydrogen-bond donors (Lipinski definition) is 0. The molecule has 94 valence electrons. The summed E-state index contributed by atoms with van der Waals surface area (Å²) in [6.07, 6.45) is 7.23. The highest BCUT2D eigenvalue weighted by molar-refractivity contribution is 5.70. The van der Waals surface area contributed by atoms with Gasteiger partial charge in [0.1, 0.15) is 0 Å². The van der Waals surface area contributed by atoms with Crippen LogP contribution in [0.25, 0.3) is 18.2 Å². The zero-order chi connectivity index (χ0) is 13.3. The van der Waals surface area contributed by atoms with E-state index >= 15 is 0 Å². The second-order valence-corrected chi connectivity index (χ2v) is 3.95. The molecule has 0 aliphatic heterocycles. The van der Waals surface area contributed by atoms with Gasteiger partial charge in [-0.25, -0.2) is 0 Å². The van der Waals surface area contributed by atoms with Crippen molar-refractivity contribution >= 4 is 24.7 Å². The Labute approximate surface area is 112 Å². The van der Waals surface area contributed by atoms with Gasteiger partial charge in [0.15, 0.2) is 0 Å². The summed E-state index contributed by atoms with van der Waals surface area (Å²) in [4.78, 5) is 9.99. The van der Waals surface area contributed by atoms with Crippen molar-refractivity contribution in [3.8, 4) is 0 Å². The molecule has 0 spiro atoms. The first-order valence-electron chi connectivity index (χ1n) is 5.97. The van der Waals surface area contributed by atoms with Gasteiger partial charge < -0.3 is 4.74 Å². The summed E-state index contributed by atoms with van der Waals surface area (Å²) in [7, 11) is 0. The molecule has 0 radical (unpaired) electrons. The first-order valence-corrected chi connectivity index (χ1v) is 5.97. The van der Waals surface area contributed by atoms with Crippen molar-refractivity contribution in [2.75, 3.05) is 0 Å². The summed E-state index contributed by atoms with van der Waals surface area (Å²) < 4.78 is 4.50. The molecule has 0 fully saturated rings. The molecule has 2 nitrogen and oxygen atoms in total. The molecule has 19 heavy (non-hydrogen) atoms. The van der Waals surface area contributed by atoms with E-state index in [-0.39, 0.29) is 0 Å². The minimum atomic E-state index is 0.396. The van der Waals surface area contributed by atoms with E-state index in [9.17, 15) is 4.79 Å². The number of benzene rings is 2. The van der Waals surface area contributed by atoms with Gasteiger partial charge in [0.2, 0.25) is 0 Å². The van der Waals surface area contributed by atoms with Crippen LogP contribution in [-0.4, -0.2) is 6.47 Å². The molecular formula is C17H14O2. The number of carbonyl (C=O) groups excluding carboxylic acids is 1. The highest BCUT2D eigenvalue weighted by atomic mass is 16.5. The van der Waals surface area contributed by atoms with Crippen LogP contribution in [0.4, 0.5) is 0 Å². The van der Waals surface area contributed by atoms with E-state index in [4.69, 9.17) is 0 Å². The van der Waals surface area contributed by atoms with Gasteiger partial charge in [-0.15, -0.1) is 0 Å². The first kappa shape index (κ1) is 12.8. The van der Waals surface area contributed by atoms with Crippen molar-refractivity contribution in [3.05, 3.63) is 77.5 Å². The summed E-state index contributed by atoms with van der Waals surface area (Å²) in [5.41, 5.74) is 3.28. The lowest BCUT2D eigenvalue weighted by Crippen LogP contribution is -1.77. The topological polar surface area (TPSA) is 26.3 Å². The molecule has 0 saturated heterocycles. The van der Waals surface area contributed by atoms with Crippen LogP contribution in [0.5, 0.6) is 0 Å². The van der Waals surface area contributed by atoms with E-state index < -0.39 is 0 Å². The zero-order valence-corrected chi connectivity index (χ0v) is 10.4. The average Bonchev–Trinajstić information content (AvgIpc) is 2.48. The average molecular weight is 250 g/mol. The minimum absolute atomic E-state index is 0.396. The molecule has 0 saturated carbocycles. The fourth-order valence-electron chi connectivity index (χ4n) is 1.62. The molecular weight excluding hydrogens is 236 g/mol. The Bertz CT molecular complexity index is 566. The van der Waals surface area contributed by atoms with Gasteiger partial charge in [0.25, 0.3) is 6.47 Å². The van der Waals surface area contributed by atoms with E-state index in [2.05, 4.69) is 29.0 Å². The second-order valence-electron chi connectivity index (χ2n) is 3.95. The maximum Gasteiger partial charge on any atom is 0.297 e. The third kappa shape index (κ3) is 4.28. The molecule has 0 heterocycles. The fourth-order valence-corrected chi connectivity index (χ4v) is 1.62. The SMILES string of the molecule is O=COC=Cc1ccc(C=Cc2ccccc2)cc1. The highest BCUT2D eigenvalue weighted by Gasteiger charge is 1.89. The fraction of sp³-hybridized carbons (Fsp3) is 0. The van der Waals surface area contributed by atoms with Crippen LogP contribution < -0.4 is 0 Å². The molecule has 2 heteroatoms. The van der Waals surface area contributed by atoms with Gasteiger partial charge >= 0.3 is 0 Å². The van der Waals surface area contributed by atoms with Gasteiger partial charge in [0.05, 0.1) is 6.26 Å². The smallest absolute Gasteiger partial charge is 0.297 e. The van der Waals surface area contributed by atoms with Crippen LogP contribution in [0.3, 0.4) is 0 Å². The number of hydrogen-bond acceptors (Lipinski definition) is 2. The van der Waals surface area contributed by atoms with Crippen LogP contribution in [0.15, 0.2) is 60.9 Å². The van der Waals surface area contributed by atoms with Crippen molar-refractivity contribution in [3.63, 3.8) is 0 Å². The van der Waals surface area contributed by atoms with Crippen LogP contribution in [0.2, 0.25) is 0 Å². The standard InChI is InChI=1S/C17H14O2/c18-14-19-13-12-17-10-8-16(9-11-17)7-6-15-4-2-1-3-5-15/h1-14H. The Balaban J connectivity index is 2.02. The molecule has 0 aromatic heterocycles. The lowest BCUT2D eigenvalue weighted by Gasteiger charge is -1.96. The van der Waals surface area contributed by atoms with Crippen molar-refractivity contribution in [2.45, 2.75) is 0 Å². The second kappa shape index (κ2) is 6.97. The number of carbonyl (C=O) groups is 1. The highest BCUT2D eigenvalue weighted by Crippen LogP contribution is 2.10. The lowest BCUT2D eigenvalue weighted by atomic mass is 10.1. The van der Waals surface area contributed by atoms with Gasteiger partial charge in [-0.2, -0.15) is 0 Å². The third-order valence-electron chi connectivity index (χ3n) is 2.60. The molecule has 2 aromatic carbocycles. The van der Waals surface area contributed by atoms with Crippen LogP contribution in [-0.2, 0) is 9.53 Å². The minimum Gasteiger partial charge on any atom is -0.437 e. The monoisotopic (exact) mass is 250 g/mol. The summed E-state index contributed by atoms with van der Waals surface area (Å²) in [6, 6.07) is 18.1. The van der Waals surface area contributed by atoms with Gasteiger partial charge in [-0.3, -0.25) is 4.79 Å². The van der Waals surface area contributed by atoms with Crippen molar-refractivity contribution in [1.82, 2.24) is 0 Å². The third-order valence-corrected chi connectivity index (χ3v) is 2.60. The normalized spacial score (nSPS) is 10.9. The summed E-state index contributed by atoms with van der Waals surface area (Å²) in [5, 5.41) is 0. The summed E-state index contributed by atoms with van der Waals surface area (Å²) in [5.74, 6) is 0. The molecule has 0 amide bonds. The molecule has 0 atom stereocenters. The Morgan fingerprint density at radius 1 is 0.684 bits per heavy atom. The Hall–Kier alpha value is -2.61. The quantitative estimate of drug-likeness (QED) is 0.455. The van der Waals surface area contributed by atoms with Gasteiger partial charge in [-0.1, -0.05) is 66.7 Å². The van der Waals surface area contributed by atoms with E-state index in [1.165, 1.54) is 11.8 Å². The molecule has 0 unspecified atom stereocenters. The molecule has 2 rings (SSSR count). The lowest BCUT2D eigenvalue weighted by molar-refractivity contribution is -0.123. The Kier molecular flexibility index (Phi) is 4.71. The van der Waals surface area contributed by atoms with E-state index in [0.717, 1.165) is 11.1 Å². The van der Waals surface area contributed by atoms with Crippen LogP contribution in [0, 0.1) is 0 Å². The Morgan fingerprint density at radius 3 is 1.79 bits per heavy atom. The van der Waals surface area contributed by atoms with Gasteiger partial charge in [-0.05, 0) is 22.8 Å². The zero-order valence-electron chi connectivity index (χ0n) is 10.4. The van der Waals surface area contributed by atoms with Gasteiger partial charge in [0, 0.05) is 0 Å². The van der Waals surface area contributed by atoms with Crippen molar-refractivity contribution < 1.29 is 9.53 Å². The molecule has 0 aliphatic rings. The van der Waals surface area contributed by atoms with Crippen LogP contribution in [0.1, 0.15) is 16.7 Å². The summed E-state index contributed by atoms with van der Waals surface area (Å²) in [6.45, 7) is 0.396. The van der Waals surface area contributed by atoms with E-state index in [1.54, 1.807) is 6.08 Å². The number of rotatable bonds is 5. The summed E-state index contributed by atoms with van der Waals surface area (Å²) >= 11 is 0. The van der Waals surface area contributed by atoms with E-state index in [1.807, 2.05) is 42.5 Å². The largest absolute Gasteiger partial charge is 0.437 e. The molecule has 0 N–H and O–H groups in total. The predicted molar refractivity (Wildman–Crippen MR) is 78.0 cm³/mol.